The maximum Gasteiger partial charge on any atom is 0.223 e. The molecule has 138 valence electrons. The van der Waals surface area contributed by atoms with Gasteiger partial charge in [-0.2, -0.15) is 0 Å². The first kappa shape index (κ1) is 18.1. The highest BCUT2D eigenvalue weighted by Crippen LogP contribution is 2.18. The zero-order chi connectivity index (χ0) is 16.9. The molecule has 0 saturated carbocycles. The zero-order valence-corrected chi connectivity index (χ0v) is 15.3. The van der Waals surface area contributed by atoms with Crippen molar-refractivity contribution in [2.75, 3.05) is 58.9 Å². The molecule has 0 atom stereocenters. The molecule has 0 aliphatic carbocycles. The predicted octanol–water partition coefficient (Wildman–Crippen LogP) is 0.591. The number of hydrogen-bond acceptors (Lipinski definition) is 5. The van der Waals surface area contributed by atoms with Crippen LogP contribution in [-0.2, 0) is 4.79 Å². The first-order chi connectivity index (χ1) is 11.6. The van der Waals surface area contributed by atoms with E-state index in [4.69, 9.17) is 5.84 Å². The molecule has 3 heterocycles. The topological polar surface area (TPSA) is 56.1 Å². The summed E-state index contributed by atoms with van der Waals surface area (Å²) in [6.45, 7) is 11.5. The number of hydrogen-bond donors (Lipinski definition) is 1. The van der Waals surface area contributed by atoms with Crippen LogP contribution in [0.25, 0.3) is 0 Å². The van der Waals surface area contributed by atoms with Gasteiger partial charge in [0, 0.05) is 58.3 Å². The number of carbonyl (C=O) groups is 1. The average Bonchev–Trinajstić information content (AvgIpc) is 2.62. The van der Waals surface area contributed by atoms with Gasteiger partial charge in [-0.15, -0.1) is 0 Å². The Labute approximate surface area is 146 Å². The van der Waals surface area contributed by atoms with Crippen LogP contribution in [0.15, 0.2) is 0 Å². The van der Waals surface area contributed by atoms with Gasteiger partial charge in [0.1, 0.15) is 0 Å². The summed E-state index contributed by atoms with van der Waals surface area (Å²) in [5, 5.41) is 1.93. The van der Waals surface area contributed by atoms with Crippen LogP contribution >= 0.6 is 0 Å². The van der Waals surface area contributed by atoms with E-state index in [1.54, 1.807) is 0 Å². The monoisotopic (exact) mass is 337 g/mol. The Hall–Kier alpha value is -0.690. The van der Waals surface area contributed by atoms with Crippen molar-refractivity contribution in [3.05, 3.63) is 0 Å². The summed E-state index contributed by atoms with van der Waals surface area (Å²) in [4.78, 5) is 19.6. The van der Waals surface area contributed by atoms with Gasteiger partial charge in [-0.1, -0.05) is 6.92 Å². The minimum absolute atomic E-state index is 0.352. The van der Waals surface area contributed by atoms with E-state index in [1.165, 1.54) is 25.9 Å². The van der Waals surface area contributed by atoms with E-state index < -0.39 is 0 Å². The van der Waals surface area contributed by atoms with Gasteiger partial charge in [0.05, 0.1) is 0 Å². The second kappa shape index (κ2) is 8.61. The fourth-order valence-corrected chi connectivity index (χ4v) is 4.28. The Balaban J connectivity index is 1.34. The Kier molecular flexibility index (Phi) is 6.49. The number of rotatable bonds is 4. The van der Waals surface area contributed by atoms with Crippen molar-refractivity contribution in [1.29, 1.82) is 0 Å². The van der Waals surface area contributed by atoms with Crippen molar-refractivity contribution in [2.45, 2.75) is 45.1 Å². The number of nitrogens with two attached hydrogens (primary N) is 1. The molecule has 6 nitrogen and oxygen atoms in total. The molecule has 3 aliphatic heterocycles. The van der Waals surface area contributed by atoms with E-state index >= 15 is 0 Å². The smallest absolute Gasteiger partial charge is 0.223 e. The molecule has 2 N–H and O–H groups in total. The normalized spacial score (nSPS) is 26.8. The lowest BCUT2D eigenvalue weighted by Gasteiger charge is -2.42. The molecule has 24 heavy (non-hydrogen) atoms. The summed E-state index contributed by atoms with van der Waals surface area (Å²) in [5.74, 6) is 7.06. The van der Waals surface area contributed by atoms with Gasteiger partial charge in [-0.25, -0.2) is 5.01 Å². The van der Waals surface area contributed by atoms with Crippen LogP contribution < -0.4 is 5.84 Å². The second-order valence-electron chi connectivity index (χ2n) is 7.96. The highest BCUT2D eigenvalue weighted by molar-refractivity contribution is 5.76. The number of piperazine rings is 1. The molecule has 0 unspecified atom stereocenters. The molecule has 0 radical (unpaired) electrons. The minimum atomic E-state index is 0.352. The van der Waals surface area contributed by atoms with Gasteiger partial charge >= 0.3 is 0 Å². The van der Waals surface area contributed by atoms with E-state index in [2.05, 4.69) is 21.6 Å². The van der Waals surface area contributed by atoms with Gasteiger partial charge in [0.25, 0.3) is 0 Å². The summed E-state index contributed by atoms with van der Waals surface area (Å²) < 4.78 is 0. The third-order valence-electron chi connectivity index (χ3n) is 6.20. The molecule has 0 spiro atoms. The van der Waals surface area contributed by atoms with Crippen LogP contribution in [0.4, 0.5) is 0 Å². The third-order valence-corrected chi connectivity index (χ3v) is 6.20. The molecule has 1 amide bonds. The number of likely N-dealkylation sites (tertiary alicyclic amines) is 1. The van der Waals surface area contributed by atoms with Crippen LogP contribution in [-0.4, -0.2) is 90.6 Å². The molecule has 3 saturated heterocycles. The number of amides is 1. The summed E-state index contributed by atoms with van der Waals surface area (Å²) in [7, 11) is 0. The first-order valence-electron chi connectivity index (χ1n) is 9.85. The van der Waals surface area contributed by atoms with Crippen molar-refractivity contribution in [1.82, 2.24) is 19.7 Å². The molecule has 0 aromatic heterocycles. The second-order valence-corrected chi connectivity index (χ2v) is 7.96. The molecule has 0 aromatic carbocycles. The Morgan fingerprint density at radius 3 is 2.17 bits per heavy atom. The highest BCUT2D eigenvalue weighted by atomic mass is 16.2. The Morgan fingerprint density at radius 2 is 1.54 bits per heavy atom. The fourth-order valence-electron chi connectivity index (χ4n) is 4.28. The molecule has 3 aliphatic rings. The highest BCUT2D eigenvalue weighted by Gasteiger charge is 2.28. The molecule has 3 fully saturated rings. The maximum absolute atomic E-state index is 12.5. The van der Waals surface area contributed by atoms with Gasteiger partial charge in [0.15, 0.2) is 0 Å². The average molecular weight is 338 g/mol. The van der Waals surface area contributed by atoms with E-state index in [9.17, 15) is 4.79 Å². The van der Waals surface area contributed by atoms with Crippen LogP contribution in [0.2, 0.25) is 0 Å². The Bertz CT molecular complexity index is 394. The van der Waals surface area contributed by atoms with Crippen molar-refractivity contribution in [3.63, 3.8) is 0 Å². The number of carbonyl (C=O) groups excluding carboxylic acids is 1. The standard InChI is InChI=1S/C18H35N5O/c1-16-2-7-20(8-3-16)9-6-18(24)22-14-12-21(13-15-22)17-4-10-23(19)11-5-17/h16-17H,2-15,19H2,1H3. The van der Waals surface area contributed by atoms with Gasteiger partial charge in [-0.05, 0) is 44.7 Å². The minimum Gasteiger partial charge on any atom is -0.340 e. The molecule has 0 aromatic rings. The lowest BCUT2D eigenvalue weighted by Crippen LogP contribution is -2.55. The lowest BCUT2D eigenvalue weighted by atomic mass is 9.99. The number of hydrazine groups is 1. The van der Waals surface area contributed by atoms with Crippen molar-refractivity contribution >= 4 is 5.91 Å². The van der Waals surface area contributed by atoms with Crippen LogP contribution in [0.5, 0.6) is 0 Å². The molecule has 6 heteroatoms. The largest absolute Gasteiger partial charge is 0.340 e. The molecule has 3 rings (SSSR count). The molecular formula is C18H35N5O. The number of nitrogens with zero attached hydrogens (tertiary/aromatic N) is 4. The summed E-state index contributed by atoms with van der Waals surface area (Å²) in [6, 6.07) is 0.664. The van der Waals surface area contributed by atoms with Gasteiger partial charge in [0.2, 0.25) is 5.91 Å². The van der Waals surface area contributed by atoms with Crippen LogP contribution in [0.1, 0.15) is 39.0 Å². The van der Waals surface area contributed by atoms with E-state index in [-0.39, 0.29) is 0 Å². The first-order valence-corrected chi connectivity index (χ1v) is 9.85. The summed E-state index contributed by atoms with van der Waals surface area (Å²) in [6.07, 6.45) is 5.60. The lowest BCUT2D eigenvalue weighted by molar-refractivity contribution is -0.133. The summed E-state index contributed by atoms with van der Waals surface area (Å²) >= 11 is 0. The maximum atomic E-state index is 12.5. The van der Waals surface area contributed by atoms with E-state index in [1.807, 2.05) is 5.01 Å². The summed E-state index contributed by atoms with van der Waals surface area (Å²) in [5.41, 5.74) is 0. The molecule has 0 bridgehead atoms. The van der Waals surface area contributed by atoms with E-state index in [0.29, 0.717) is 18.4 Å². The van der Waals surface area contributed by atoms with Crippen molar-refractivity contribution < 1.29 is 4.79 Å². The number of piperidine rings is 2. The van der Waals surface area contributed by atoms with Crippen molar-refractivity contribution in [3.8, 4) is 0 Å². The van der Waals surface area contributed by atoms with Gasteiger partial charge in [-0.3, -0.25) is 15.5 Å². The zero-order valence-electron chi connectivity index (χ0n) is 15.3. The van der Waals surface area contributed by atoms with E-state index in [0.717, 1.165) is 64.6 Å². The quantitative estimate of drug-likeness (QED) is 0.761. The predicted molar refractivity (Wildman–Crippen MR) is 96.4 cm³/mol. The van der Waals surface area contributed by atoms with Crippen molar-refractivity contribution in [2.24, 2.45) is 11.8 Å². The molecular weight excluding hydrogens is 302 g/mol. The van der Waals surface area contributed by atoms with Crippen LogP contribution in [0.3, 0.4) is 0 Å². The van der Waals surface area contributed by atoms with Gasteiger partial charge < -0.3 is 9.80 Å². The van der Waals surface area contributed by atoms with Crippen LogP contribution in [0, 0.1) is 5.92 Å². The fraction of sp³-hybridized carbons (Fsp3) is 0.944. The third kappa shape index (κ3) is 4.91. The Morgan fingerprint density at radius 1 is 0.917 bits per heavy atom. The SMILES string of the molecule is CC1CCN(CCC(=O)N2CCN(C3CCN(N)CC3)CC2)CC1.